The number of benzene rings is 2. The van der Waals surface area contributed by atoms with Crippen molar-refractivity contribution in [1.29, 1.82) is 0 Å². The molecule has 5 heteroatoms. The van der Waals surface area contributed by atoms with Crippen molar-refractivity contribution in [3.63, 3.8) is 0 Å². The Morgan fingerprint density at radius 1 is 1.07 bits per heavy atom. The number of hydrogen-bond donors (Lipinski definition) is 2. The molecule has 0 radical (unpaired) electrons. The molecule has 2 N–H and O–H groups in total. The van der Waals surface area contributed by atoms with Gasteiger partial charge in [-0.1, -0.05) is 42.5 Å². The van der Waals surface area contributed by atoms with Crippen molar-refractivity contribution in [2.45, 2.75) is 18.9 Å². The predicted molar refractivity (Wildman–Crippen MR) is 110 cm³/mol. The molecule has 1 saturated carbocycles. The maximum Gasteiger partial charge on any atom is 0.253 e. The molecule has 0 bridgehead atoms. The van der Waals surface area contributed by atoms with Gasteiger partial charge in [-0.2, -0.15) is 0 Å². The zero-order valence-electron chi connectivity index (χ0n) is 16.3. The van der Waals surface area contributed by atoms with Crippen molar-refractivity contribution >= 4 is 11.9 Å². The molecule has 27 heavy (non-hydrogen) atoms. The number of aliphatic imine (C=N–C) groups is 1. The quantitative estimate of drug-likeness (QED) is 0.612. The lowest BCUT2D eigenvalue weighted by atomic mass is 10.1. The van der Waals surface area contributed by atoms with Crippen LogP contribution in [0, 0.1) is 5.92 Å². The van der Waals surface area contributed by atoms with Gasteiger partial charge in [0.2, 0.25) is 0 Å². The van der Waals surface area contributed by atoms with E-state index in [-0.39, 0.29) is 5.91 Å². The van der Waals surface area contributed by atoms with Gasteiger partial charge in [-0.3, -0.25) is 9.79 Å². The first-order valence-corrected chi connectivity index (χ1v) is 9.38. The normalized spacial score (nSPS) is 18.7. The molecule has 2 unspecified atom stereocenters. The second-order valence-corrected chi connectivity index (χ2v) is 7.22. The molecule has 2 aromatic carbocycles. The summed E-state index contributed by atoms with van der Waals surface area (Å²) in [5, 5.41) is 6.76. The Labute approximate surface area is 161 Å². The van der Waals surface area contributed by atoms with Gasteiger partial charge in [-0.25, -0.2) is 0 Å². The van der Waals surface area contributed by atoms with Crippen LogP contribution in [0.1, 0.15) is 33.8 Å². The number of guanidine groups is 1. The van der Waals surface area contributed by atoms with E-state index in [1.54, 1.807) is 26.0 Å². The van der Waals surface area contributed by atoms with Crippen LogP contribution in [0.25, 0.3) is 0 Å². The minimum atomic E-state index is 0.0180. The van der Waals surface area contributed by atoms with Crippen LogP contribution in [0.4, 0.5) is 0 Å². The summed E-state index contributed by atoms with van der Waals surface area (Å²) in [6, 6.07) is 18.4. The summed E-state index contributed by atoms with van der Waals surface area (Å²) < 4.78 is 0. The number of amides is 1. The van der Waals surface area contributed by atoms with E-state index in [1.165, 1.54) is 12.0 Å². The molecule has 1 aliphatic rings. The van der Waals surface area contributed by atoms with Crippen LogP contribution >= 0.6 is 0 Å². The molecule has 0 saturated heterocycles. The van der Waals surface area contributed by atoms with Crippen LogP contribution in [0.3, 0.4) is 0 Å². The summed E-state index contributed by atoms with van der Waals surface area (Å²) in [6.07, 6.45) is 1.23. The Morgan fingerprint density at radius 2 is 1.78 bits per heavy atom. The molecule has 1 amide bonds. The highest BCUT2D eigenvalue weighted by Crippen LogP contribution is 2.46. The van der Waals surface area contributed by atoms with Gasteiger partial charge in [0.05, 0.1) is 0 Å². The second kappa shape index (κ2) is 8.71. The molecule has 2 atom stereocenters. The predicted octanol–water partition coefficient (Wildman–Crippen LogP) is 2.86. The third-order valence-corrected chi connectivity index (χ3v) is 4.97. The van der Waals surface area contributed by atoms with Gasteiger partial charge in [0.15, 0.2) is 5.96 Å². The third-order valence-electron chi connectivity index (χ3n) is 4.97. The molecule has 3 rings (SSSR count). The minimum Gasteiger partial charge on any atom is -0.356 e. The molecule has 0 spiro atoms. The molecule has 2 aromatic rings. The number of carbonyl (C=O) groups is 1. The molecule has 5 nitrogen and oxygen atoms in total. The molecular weight excluding hydrogens is 336 g/mol. The van der Waals surface area contributed by atoms with E-state index in [1.807, 2.05) is 24.3 Å². The highest BCUT2D eigenvalue weighted by atomic mass is 16.2. The lowest BCUT2D eigenvalue weighted by molar-refractivity contribution is 0.0827. The topological polar surface area (TPSA) is 56.7 Å². The third kappa shape index (κ3) is 5.09. The maximum absolute atomic E-state index is 11.9. The Hall–Kier alpha value is -2.82. The SMILES string of the molecule is CN=C(NCc1ccc(C(=O)N(C)C)cc1)NCC1CC1c1ccccc1. The lowest BCUT2D eigenvalue weighted by Crippen LogP contribution is -2.38. The van der Waals surface area contributed by atoms with Gasteiger partial charge >= 0.3 is 0 Å². The second-order valence-electron chi connectivity index (χ2n) is 7.22. The van der Waals surface area contributed by atoms with Gasteiger partial charge in [-0.15, -0.1) is 0 Å². The van der Waals surface area contributed by atoms with E-state index in [0.29, 0.717) is 23.9 Å². The van der Waals surface area contributed by atoms with Gasteiger partial charge in [0, 0.05) is 39.8 Å². The van der Waals surface area contributed by atoms with Crippen LogP contribution in [0.15, 0.2) is 59.6 Å². The highest BCUT2D eigenvalue weighted by molar-refractivity contribution is 5.93. The minimum absolute atomic E-state index is 0.0180. The summed E-state index contributed by atoms with van der Waals surface area (Å²) >= 11 is 0. The number of nitrogens with one attached hydrogen (secondary N) is 2. The van der Waals surface area contributed by atoms with E-state index in [9.17, 15) is 4.79 Å². The van der Waals surface area contributed by atoms with Crippen LogP contribution in [-0.2, 0) is 6.54 Å². The smallest absolute Gasteiger partial charge is 0.253 e. The summed E-state index contributed by atoms with van der Waals surface area (Å²) in [5.74, 6) is 2.16. The Morgan fingerprint density at radius 3 is 2.41 bits per heavy atom. The number of hydrogen-bond acceptors (Lipinski definition) is 2. The van der Waals surface area contributed by atoms with Crippen molar-refractivity contribution in [3.05, 3.63) is 71.3 Å². The zero-order chi connectivity index (χ0) is 19.2. The molecule has 0 aromatic heterocycles. The highest BCUT2D eigenvalue weighted by Gasteiger charge is 2.37. The Kier molecular flexibility index (Phi) is 6.12. The summed E-state index contributed by atoms with van der Waals surface area (Å²) in [4.78, 5) is 17.8. The molecule has 1 fully saturated rings. The molecular formula is C22H28N4O. The molecule has 0 aliphatic heterocycles. The van der Waals surface area contributed by atoms with Crippen molar-refractivity contribution in [3.8, 4) is 0 Å². The van der Waals surface area contributed by atoms with E-state index >= 15 is 0 Å². The standard InChI is InChI=1S/C22H28N4O/c1-23-22(25-15-19-13-20(19)17-7-5-4-6-8-17)24-14-16-9-11-18(12-10-16)21(27)26(2)3/h4-12,19-20H,13-15H2,1-3H3,(H2,23,24,25). The van der Waals surface area contributed by atoms with Gasteiger partial charge in [-0.05, 0) is 41.5 Å². The number of rotatable bonds is 6. The summed E-state index contributed by atoms with van der Waals surface area (Å²) in [7, 11) is 5.31. The zero-order valence-corrected chi connectivity index (χ0v) is 16.3. The molecule has 0 heterocycles. The van der Waals surface area contributed by atoms with Crippen molar-refractivity contribution < 1.29 is 4.79 Å². The number of carbonyl (C=O) groups excluding carboxylic acids is 1. The van der Waals surface area contributed by atoms with Crippen molar-refractivity contribution in [2.75, 3.05) is 27.7 Å². The van der Waals surface area contributed by atoms with Gasteiger partial charge in [0.1, 0.15) is 0 Å². The first-order chi connectivity index (χ1) is 13.1. The van der Waals surface area contributed by atoms with E-state index in [2.05, 4.69) is 46.0 Å². The Bertz CT molecular complexity index is 784. The number of nitrogens with zero attached hydrogens (tertiary/aromatic N) is 2. The maximum atomic E-state index is 11.9. The summed E-state index contributed by atoms with van der Waals surface area (Å²) in [5.41, 5.74) is 3.24. The molecule has 142 valence electrons. The monoisotopic (exact) mass is 364 g/mol. The fourth-order valence-electron chi connectivity index (χ4n) is 3.24. The average molecular weight is 364 g/mol. The average Bonchev–Trinajstić information content (AvgIpc) is 3.48. The fraction of sp³-hybridized carbons (Fsp3) is 0.364. The summed E-state index contributed by atoms with van der Waals surface area (Å²) in [6.45, 7) is 1.60. The Balaban J connectivity index is 1.44. The van der Waals surface area contributed by atoms with Crippen LogP contribution in [0.5, 0.6) is 0 Å². The molecule has 1 aliphatic carbocycles. The largest absolute Gasteiger partial charge is 0.356 e. The van der Waals surface area contributed by atoms with E-state index in [0.717, 1.165) is 18.1 Å². The lowest BCUT2D eigenvalue weighted by Gasteiger charge is -2.13. The van der Waals surface area contributed by atoms with Crippen LogP contribution < -0.4 is 10.6 Å². The van der Waals surface area contributed by atoms with Crippen molar-refractivity contribution in [1.82, 2.24) is 15.5 Å². The van der Waals surface area contributed by atoms with Gasteiger partial charge < -0.3 is 15.5 Å². The van der Waals surface area contributed by atoms with Crippen molar-refractivity contribution in [2.24, 2.45) is 10.9 Å². The first kappa shape index (κ1) is 19.0. The van der Waals surface area contributed by atoms with Gasteiger partial charge in [0.25, 0.3) is 5.91 Å². The van der Waals surface area contributed by atoms with E-state index < -0.39 is 0 Å². The van der Waals surface area contributed by atoms with Crippen LogP contribution in [0.2, 0.25) is 0 Å². The van der Waals surface area contributed by atoms with Crippen LogP contribution in [-0.4, -0.2) is 44.5 Å². The van der Waals surface area contributed by atoms with E-state index in [4.69, 9.17) is 0 Å². The fourth-order valence-corrected chi connectivity index (χ4v) is 3.24. The first-order valence-electron chi connectivity index (χ1n) is 9.38.